The van der Waals surface area contributed by atoms with Gasteiger partial charge in [0.25, 0.3) is 0 Å². The summed E-state index contributed by atoms with van der Waals surface area (Å²) in [5.41, 5.74) is 5.14. The topological polar surface area (TPSA) is 73.8 Å². The molecule has 0 aliphatic heterocycles. The van der Waals surface area contributed by atoms with Crippen molar-refractivity contribution in [1.82, 2.24) is 14.8 Å². The number of carbonyl (C=O) groups is 1. The van der Waals surface area contributed by atoms with Crippen molar-refractivity contribution in [2.45, 2.75) is 12.6 Å². The fraction of sp³-hybridized carbons (Fsp3) is 0.182. The van der Waals surface area contributed by atoms with Crippen molar-refractivity contribution in [3.05, 3.63) is 47.5 Å². The van der Waals surface area contributed by atoms with Crippen LogP contribution in [0.15, 0.2) is 30.6 Å². The molecule has 0 unspecified atom stereocenters. The minimum Gasteiger partial charge on any atom is -0.350 e. The lowest BCUT2D eigenvalue weighted by Crippen LogP contribution is -2.20. The van der Waals surface area contributed by atoms with Crippen LogP contribution in [0.2, 0.25) is 0 Å². The zero-order valence-corrected chi connectivity index (χ0v) is 9.55. The number of hydrogen-bond acceptors (Lipinski definition) is 3. The third-order valence-corrected chi connectivity index (χ3v) is 2.37. The van der Waals surface area contributed by atoms with Gasteiger partial charge in [-0.2, -0.15) is 23.0 Å². The Bertz CT molecular complexity index is 589. The van der Waals surface area contributed by atoms with Crippen LogP contribution < -0.4 is 5.73 Å². The Morgan fingerprint density at radius 2 is 2.05 bits per heavy atom. The summed E-state index contributed by atoms with van der Waals surface area (Å²) in [5, 5.41) is 3.87. The maximum absolute atomic E-state index is 12.3. The van der Waals surface area contributed by atoms with Gasteiger partial charge in [-0.3, -0.25) is 4.98 Å². The summed E-state index contributed by atoms with van der Waals surface area (Å²) in [6.45, 7) is 0. The molecule has 0 aromatic carbocycles. The molecular weight excluding hydrogens is 261 g/mol. The maximum atomic E-state index is 12.3. The Hall–Kier alpha value is -2.38. The first kappa shape index (κ1) is 13.1. The fourth-order valence-electron chi connectivity index (χ4n) is 1.48. The third kappa shape index (κ3) is 3.09. The Morgan fingerprint density at radius 1 is 1.32 bits per heavy atom. The average Bonchev–Trinajstić information content (AvgIpc) is 2.77. The number of alkyl halides is 3. The summed E-state index contributed by atoms with van der Waals surface area (Å²) in [5.74, 6) is 0. The monoisotopic (exact) mass is 270 g/mol. The van der Waals surface area contributed by atoms with E-state index in [0.717, 1.165) is 16.9 Å². The molecule has 2 aromatic rings. The van der Waals surface area contributed by atoms with Gasteiger partial charge in [-0.15, -0.1) is 0 Å². The number of primary amides is 1. The van der Waals surface area contributed by atoms with E-state index in [2.05, 4.69) is 10.1 Å². The van der Waals surface area contributed by atoms with Crippen molar-refractivity contribution in [3.63, 3.8) is 0 Å². The zero-order valence-electron chi connectivity index (χ0n) is 9.55. The molecule has 0 aliphatic carbocycles. The maximum Gasteiger partial charge on any atom is 0.433 e. The van der Waals surface area contributed by atoms with E-state index in [1.807, 2.05) is 0 Å². The summed E-state index contributed by atoms with van der Waals surface area (Å²) in [6.07, 6.45) is -1.67. The number of halogens is 3. The van der Waals surface area contributed by atoms with E-state index in [0.29, 0.717) is 11.3 Å². The van der Waals surface area contributed by atoms with Crippen LogP contribution in [-0.2, 0) is 12.6 Å². The van der Waals surface area contributed by atoms with Crippen LogP contribution in [0, 0.1) is 0 Å². The van der Waals surface area contributed by atoms with Crippen molar-refractivity contribution in [1.29, 1.82) is 0 Å². The first-order chi connectivity index (χ1) is 8.86. The van der Waals surface area contributed by atoms with Crippen molar-refractivity contribution in [2.75, 3.05) is 0 Å². The van der Waals surface area contributed by atoms with Gasteiger partial charge in [-0.25, -0.2) is 4.79 Å². The molecule has 2 heterocycles. The average molecular weight is 270 g/mol. The molecule has 100 valence electrons. The SMILES string of the molecule is NC(=O)n1ccc(Cc2ccc(C(F)(F)F)nc2)n1. The first-order valence-electron chi connectivity index (χ1n) is 5.23. The van der Waals surface area contributed by atoms with Crippen LogP contribution in [-0.4, -0.2) is 20.8 Å². The number of pyridine rings is 1. The molecule has 0 saturated carbocycles. The largest absolute Gasteiger partial charge is 0.433 e. The predicted octanol–water partition coefficient (Wildman–Crippen LogP) is 1.81. The van der Waals surface area contributed by atoms with E-state index in [1.54, 1.807) is 6.07 Å². The molecule has 0 aliphatic rings. The molecule has 2 rings (SSSR count). The second kappa shape index (κ2) is 4.71. The van der Waals surface area contributed by atoms with Crippen molar-refractivity contribution < 1.29 is 18.0 Å². The van der Waals surface area contributed by atoms with Crippen LogP contribution in [0.4, 0.5) is 18.0 Å². The predicted molar refractivity (Wildman–Crippen MR) is 59.3 cm³/mol. The molecule has 5 nitrogen and oxygen atoms in total. The molecule has 8 heteroatoms. The number of aromatic nitrogens is 3. The fourth-order valence-corrected chi connectivity index (χ4v) is 1.48. The number of rotatable bonds is 2. The highest BCUT2D eigenvalue weighted by atomic mass is 19.4. The van der Waals surface area contributed by atoms with E-state index in [-0.39, 0.29) is 6.42 Å². The molecule has 0 bridgehead atoms. The van der Waals surface area contributed by atoms with Gasteiger partial charge in [0.15, 0.2) is 0 Å². The summed E-state index contributed by atoms with van der Waals surface area (Å²) in [7, 11) is 0. The lowest BCUT2D eigenvalue weighted by atomic mass is 10.1. The van der Waals surface area contributed by atoms with Crippen molar-refractivity contribution >= 4 is 6.03 Å². The van der Waals surface area contributed by atoms with Gasteiger partial charge < -0.3 is 5.73 Å². The Kier molecular flexibility index (Phi) is 3.24. The second-order valence-electron chi connectivity index (χ2n) is 3.82. The quantitative estimate of drug-likeness (QED) is 0.904. The normalized spacial score (nSPS) is 11.5. The number of carbonyl (C=O) groups excluding carboxylic acids is 1. The van der Waals surface area contributed by atoms with E-state index < -0.39 is 17.9 Å². The van der Waals surface area contributed by atoms with Gasteiger partial charge in [-0.1, -0.05) is 6.07 Å². The highest BCUT2D eigenvalue weighted by molar-refractivity contribution is 5.73. The molecular formula is C11H9F3N4O. The first-order valence-corrected chi connectivity index (χ1v) is 5.23. The number of amides is 1. The van der Waals surface area contributed by atoms with Gasteiger partial charge in [0, 0.05) is 18.8 Å². The van der Waals surface area contributed by atoms with E-state index in [1.165, 1.54) is 12.3 Å². The molecule has 0 saturated heterocycles. The highest BCUT2D eigenvalue weighted by Gasteiger charge is 2.31. The molecule has 0 atom stereocenters. The van der Waals surface area contributed by atoms with Gasteiger partial charge in [0.1, 0.15) is 5.69 Å². The van der Waals surface area contributed by atoms with Crippen molar-refractivity contribution in [3.8, 4) is 0 Å². The van der Waals surface area contributed by atoms with Crippen LogP contribution in [0.3, 0.4) is 0 Å². The van der Waals surface area contributed by atoms with Crippen molar-refractivity contribution in [2.24, 2.45) is 5.73 Å². The Labute approximate surface area is 105 Å². The van der Waals surface area contributed by atoms with Gasteiger partial charge >= 0.3 is 12.2 Å². The zero-order chi connectivity index (χ0) is 14.0. The number of nitrogens with zero attached hydrogens (tertiary/aromatic N) is 3. The molecule has 0 radical (unpaired) electrons. The minimum atomic E-state index is -4.45. The third-order valence-electron chi connectivity index (χ3n) is 2.37. The highest BCUT2D eigenvalue weighted by Crippen LogP contribution is 2.27. The molecule has 2 aromatic heterocycles. The van der Waals surface area contributed by atoms with Gasteiger partial charge in [0.05, 0.1) is 5.69 Å². The van der Waals surface area contributed by atoms with Crippen LogP contribution in [0.5, 0.6) is 0 Å². The molecule has 0 spiro atoms. The van der Waals surface area contributed by atoms with Crippen LogP contribution in [0.1, 0.15) is 17.0 Å². The van der Waals surface area contributed by atoms with Gasteiger partial charge in [0.2, 0.25) is 0 Å². The summed E-state index contributed by atoms with van der Waals surface area (Å²) in [4.78, 5) is 14.1. The summed E-state index contributed by atoms with van der Waals surface area (Å²) in [6, 6.07) is 3.05. The smallest absolute Gasteiger partial charge is 0.350 e. The van der Waals surface area contributed by atoms with E-state index in [4.69, 9.17) is 5.73 Å². The van der Waals surface area contributed by atoms with Gasteiger partial charge in [-0.05, 0) is 17.7 Å². The van der Waals surface area contributed by atoms with Crippen LogP contribution in [0.25, 0.3) is 0 Å². The lowest BCUT2D eigenvalue weighted by molar-refractivity contribution is -0.141. The van der Waals surface area contributed by atoms with E-state index in [9.17, 15) is 18.0 Å². The molecule has 2 N–H and O–H groups in total. The Morgan fingerprint density at radius 3 is 2.53 bits per heavy atom. The molecule has 1 amide bonds. The Balaban J connectivity index is 2.13. The number of hydrogen-bond donors (Lipinski definition) is 1. The molecule has 19 heavy (non-hydrogen) atoms. The second-order valence-corrected chi connectivity index (χ2v) is 3.82. The molecule has 0 fully saturated rings. The van der Waals surface area contributed by atoms with Crippen LogP contribution >= 0.6 is 0 Å². The lowest BCUT2D eigenvalue weighted by Gasteiger charge is -2.05. The summed E-state index contributed by atoms with van der Waals surface area (Å²) < 4.78 is 37.9. The summed E-state index contributed by atoms with van der Waals surface area (Å²) >= 11 is 0. The van der Waals surface area contributed by atoms with E-state index >= 15 is 0 Å². The standard InChI is InChI=1S/C11H9F3N4O/c12-11(13,14)9-2-1-7(6-16-9)5-8-3-4-18(17-8)10(15)19/h1-4,6H,5H2,(H2,15,19). The number of nitrogens with two attached hydrogens (primary N) is 1. The minimum absolute atomic E-state index is 0.269.